The Kier molecular flexibility index (Phi) is 5.14. The van der Waals surface area contributed by atoms with Crippen molar-refractivity contribution in [2.45, 2.75) is 45.7 Å². The second-order valence-corrected chi connectivity index (χ2v) is 7.77. The first-order valence-electron chi connectivity index (χ1n) is 8.44. The molecule has 128 valence electrons. The fraction of sp³-hybridized carbons (Fsp3) is 0.500. The van der Waals surface area contributed by atoms with Gasteiger partial charge in [-0.1, -0.05) is 0 Å². The number of amides is 1. The van der Waals surface area contributed by atoms with Crippen LogP contribution in [0.1, 0.15) is 46.4 Å². The number of carbonyl (C=O) groups excluding carboxylic acids is 1. The van der Waals surface area contributed by atoms with Crippen LogP contribution in [0.15, 0.2) is 24.5 Å². The van der Waals surface area contributed by atoms with Gasteiger partial charge in [-0.3, -0.25) is 4.79 Å². The van der Waals surface area contributed by atoms with Crippen molar-refractivity contribution in [3.8, 4) is 0 Å². The molecular formula is C18H24N4OS. The van der Waals surface area contributed by atoms with Crippen molar-refractivity contribution in [1.29, 1.82) is 0 Å². The van der Waals surface area contributed by atoms with Gasteiger partial charge in [-0.25, -0.2) is 9.97 Å². The van der Waals surface area contributed by atoms with E-state index in [-0.39, 0.29) is 5.91 Å². The summed E-state index contributed by atoms with van der Waals surface area (Å²) in [6.07, 6.45) is 7.23. The molecule has 2 aromatic heterocycles. The third-order valence-electron chi connectivity index (χ3n) is 4.50. The van der Waals surface area contributed by atoms with Gasteiger partial charge in [-0.05, 0) is 45.2 Å². The molecule has 1 unspecified atom stereocenters. The molecule has 1 amide bonds. The lowest BCUT2D eigenvalue weighted by atomic mass is 10.0. The maximum Gasteiger partial charge on any atom is 0.254 e. The molecule has 1 saturated heterocycles. The first-order valence-corrected chi connectivity index (χ1v) is 9.25. The Balaban J connectivity index is 1.73. The molecule has 0 bridgehead atoms. The number of aryl methyl sites for hydroxylation is 1. The number of rotatable bonds is 4. The molecule has 1 fully saturated rings. The minimum atomic E-state index is 0.0226. The Bertz CT molecular complexity index is 715. The minimum Gasteiger partial charge on any atom is -0.354 e. The zero-order chi connectivity index (χ0) is 17.1. The standard InChI is InChI=1S/C18H24N4OS/c1-13-6-4-5-9-22(13)17-10-15(7-8-19-17)18(23)21(3)12-16-11-20-14(2)24-16/h7-8,10-11,13H,4-6,9,12H2,1-3H3. The molecule has 6 heteroatoms. The first-order chi connectivity index (χ1) is 11.5. The molecule has 0 aromatic carbocycles. The molecule has 1 atom stereocenters. The highest BCUT2D eigenvalue weighted by atomic mass is 32.1. The predicted octanol–water partition coefficient (Wildman–Crippen LogP) is 3.50. The van der Waals surface area contributed by atoms with E-state index in [0.717, 1.165) is 22.2 Å². The topological polar surface area (TPSA) is 49.3 Å². The third kappa shape index (κ3) is 3.75. The van der Waals surface area contributed by atoms with Gasteiger partial charge in [-0.2, -0.15) is 0 Å². The Morgan fingerprint density at radius 3 is 2.96 bits per heavy atom. The summed E-state index contributed by atoms with van der Waals surface area (Å²) in [7, 11) is 1.83. The maximum atomic E-state index is 12.7. The van der Waals surface area contributed by atoms with Crippen molar-refractivity contribution in [3.63, 3.8) is 0 Å². The Hall–Kier alpha value is -1.95. The first kappa shape index (κ1) is 16.9. The Morgan fingerprint density at radius 2 is 2.25 bits per heavy atom. The molecule has 3 rings (SSSR count). The van der Waals surface area contributed by atoms with Gasteiger partial charge in [-0.15, -0.1) is 11.3 Å². The smallest absolute Gasteiger partial charge is 0.254 e. The van der Waals surface area contributed by atoms with Gasteiger partial charge >= 0.3 is 0 Å². The van der Waals surface area contributed by atoms with Crippen LogP contribution in [0, 0.1) is 6.92 Å². The van der Waals surface area contributed by atoms with Gasteiger partial charge in [0, 0.05) is 42.5 Å². The molecule has 0 N–H and O–H groups in total. The zero-order valence-electron chi connectivity index (χ0n) is 14.5. The summed E-state index contributed by atoms with van der Waals surface area (Å²) < 4.78 is 0. The largest absolute Gasteiger partial charge is 0.354 e. The molecule has 0 saturated carbocycles. The van der Waals surface area contributed by atoms with E-state index >= 15 is 0 Å². The number of hydrogen-bond donors (Lipinski definition) is 0. The lowest BCUT2D eigenvalue weighted by Crippen LogP contribution is -2.38. The highest BCUT2D eigenvalue weighted by Crippen LogP contribution is 2.24. The molecule has 0 aliphatic carbocycles. The van der Waals surface area contributed by atoms with E-state index < -0.39 is 0 Å². The van der Waals surface area contributed by atoms with Gasteiger partial charge in [0.05, 0.1) is 11.6 Å². The fourth-order valence-corrected chi connectivity index (χ4v) is 4.00. The number of pyridine rings is 1. The maximum absolute atomic E-state index is 12.7. The molecule has 1 aliphatic heterocycles. The lowest BCUT2D eigenvalue weighted by molar-refractivity contribution is 0.0786. The third-order valence-corrected chi connectivity index (χ3v) is 5.40. The molecule has 0 radical (unpaired) electrons. The van der Waals surface area contributed by atoms with Crippen molar-refractivity contribution in [2.75, 3.05) is 18.5 Å². The molecular weight excluding hydrogens is 320 g/mol. The van der Waals surface area contributed by atoms with Crippen molar-refractivity contribution in [1.82, 2.24) is 14.9 Å². The fourth-order valence-electron chi connectivity index (χ4n) is 3.15. The minimum absolute atomic E-state index is 0.0226. The van der Waals surface area contributed by atoms with Gasteiger partial charge in [0.15, 0.2) is 0 Å². The second-order valence-electron chi connectivity index (χ2n) is 6.45. The summed E-state index contributed by atoms with van der Waals surface area (Å²) >= 11 is 1.63. The summed E-state index contributed by atoms with van der Waals surface area (Å²) in [5.74, 6) is 0.935. The van der Waals surface area contributed by atoms with E-state index in [4.69, 9.17) is 0 Å². The summed E-state index contributed by atoms with van der Waals surface area (Å²) in [6.45, 7) is 5.81. The highest BCUT2D eigenvalue weighted by Gasteiger charge is 2.21. The number of aromatic nitrogens is 2. The average molecular weight is 344 g/mol. The summed E-state index contributed by atoms with van der Waals surface area (Å²) in [5.41, 5.74) is 0.696. The van der Waals surface area contributed by atoms with Crippen LogP contribution in [0.25, 0.3) is 0 Å². The number of hydrogen-bond acceptors (Lipinski definition) is 5. The zero-order valence-corrected chi connectivity index (χ0v) is 15.3. The summed E-state index contributed by atoms with van der Waals surface area (Å²) in [5, 5.41) is 1.02. The second kappa shape index (κ2) is 7.30. The molecule has 3 heterocycles. The highest BCUT2D eigenvalue weighted by molar-refractivity contribution is 7.11. The normalized spacial score (nSPS) is 17.8. The van der Waals surface area contributed by atoms with Crippen molar-refractivity contribution in [2.24, 2.45) is 0 Å². The van der Waals surface area contributed by atoms with E-state index in [1.807, 2.05) is 26.2 Å². The number of thiazole rings is 1. The van der Waals surface area contributed by atoms with Gasteiger partial charge < -0.3 is 9.80 Å². The van der Waals surface area contributed by atoms with Crippen molar-refractivity contribution >= 4 is 23.1 Å². The van der Waals surface area contributed by atoms with E-state index in [2.05, 4.69) is 21.8 Å². The van der Waals surface area contributed by atoms with E-state index in [1.54, 1.807) is 28.5 Å². The Morgan fingerprint density at radius 1 is 1.42 bits per heavy atom. The van der Waals surface area contributed by atoms with Crippen LogP contribution in [-0.2, 0) is 6.54 Å². The number of carbonyl (C=O) groups is 1. The summed E-state index contributed by atoms with van der Waals surface area (Å²) in [4.78, 5) is 26.6. The van der Waals surface area contributed by atoms with Crippen LogP contribution in [0.2, 0.25) is 0 Å². The van der Waals surface area contributed by atoms with Crippen LogP contribution in [-0.4, -0.2) is 40.4 Å². The van der Waals surface area contributed by atoms with Crippen molar-refractivity contribution < 1.29 is 4.79 Å². The van der Waals surface area contributed by atoms with E-state index in [0.29, 0.717) is 18.2 Å². The van der Waals surface area contributed by atoms with Crippen LogP contribution in [0.3, 0.4) is 0 Å². The molecule has 1 aliphatic rings. The summed E-state index contributed by atoms with van der Waals surface area (Å²) in [6, 6.07) is 4.21. The SMILES string of the molecule is Cc1ncc(CN(C)C(=O)c2ccnc(N3CCCCC3C)c2)s1. The van der Waals surface area contributed by atoms with Crippen LogP contribution in [0.5, 0.6) is 0 Å². The van der Waals surface area contributed by atoms with Gasteiger partial charge in [0.1, 0.15) is 5.82 Å². The van der Waals surface area contributed by atoms with Crippen molar-refractivity contribution in [3.05, 3.63) is 40.0 Å². The molecule has 0 spiro atoms. The number of anilines is 1. The lowest BCUT2D eigenvalue weighted by Gasteiger charge is -2.34. The van der Waals surface area contributed by atoms with Crippen LogP contribution in [0.4, 0.5) is 5.82 Å². The quantitative estimate of drug-likeness (QED) is 0.852. The van der Waals surface area contributed by atoms with Gasteiger partial charge in [0.25, 0.3) is 5.91 Å². The predicted molar refractivity (Wildman–Crippen MR) is 97.5 cm³/mol. The molecule has 24 heavy (non-hydrogen) atoms. The number of piperidine rings is 1. The number of nitrogens with zero attached hydrogens (tertiary/aromatic N) is 4. The van der Waals surface area contributed by atoms with Gasteiger partial charge in [0.2, 0.25) is 0 Å². The molecule has 5 nitrogen and oxygen atoms in total. The van der Waals surface area contributed by atoms with E-state index in [1.165, 1.54) is 19.3 Å². The monoisotopic (exact) mass is 344 g/mol. The van der Waals surface area contributed by atoms with E-state index in [9.17, 15) is 4.79 Å². The Labute approximate surface area is 147 Å². The van der Waals surface area contributed by atoms with Crippen LogP contribution < -0.4 is 4.90 Å². The molecule has 2 aromatic rings. The van der Waals surface area contributed by atoms with Crippen LogP contribution >= 0.6 is 11.3 Å². The average Bonchev–Trinajstić information content (AvgIpc) is 2.99.